The molecular formula is C24H24N2O7. The van der Waals surface area contributed by atoms with Crippen molar-refractivity contribution in [3.63, 3.8) is 0 Å². The van der Waals surface area contributed by atoms with Crippen molar-refractivity contribution in [1.82, 2.24) is 4.57 Å². The molecule has 3 aromatic rings. The van der Waals surface area contributed by atoms with Crippen LogP contribution in [0.15, 0.2) is 42.6 Å². The number of carbonyl (C=O) groups excluding carboxylic acids is 1. The van der Waals surface area contributed by atoms with Crippen molar-refractivity contribution in [1.29, 1.82) is 0 Å². The van der Waals surface area contributed by atoms with Crippen LogP contribution in [0.25, 0.3) is 5.69 Å². The van der Waals surface area contributed by atoms with Crippen LogP contribution in [0.1, 0.15) is 34.0 Å². The number of para-hydroxylation sites is 1. The fourth-order valence-electron chi connectivity index (χ4n) is 4.26. The molecule has 0 saturated carbocycles. The topological polar surface area (TPSA) is 108 Å². The summed E-state index contributed by atoms with van der Waals surface area (Å²) in [7, 11) is 6.14. The third kappa shape index (κ3) is 3.71. The average molecular weight is 452 g/mol. The lowest BCUT2D eigenvalue weighted by molar-refractivity contribution is -0.116. The Kier molecular flexibility index (Phi) is 5.87. The lowest BCUT2D eigenvalue weighted by Crippen LogP contribution is -2.26. The van der Waals surface area contributed by atoms with Crippen LogP contribution in [-0.2, 0) is 4.79 Å². The van der Waals surface area contributed by atoms with Crippen molar-refractivity contribution in [2.75, 3.05) is 33.8 Å². The van der Waals surface area contributed by atoms with Gasteiger partial charge < -0.3 is 33.9 Å². The standard InChI is InChI=1S/C24H24N2O7/c1-30-13-8-9-17(19(10-13)32-3)26-12-16(24(28)29)21-22(26)15(11-20(27)25-21)14-6-5-7-18(31-2)23(14)33-4/h5-10,12,15H,11H2,1-4H3,(H,25,27)(H,28,29)/t15-/m1/s1. The molecule has 2 N–H and O–H groups in total. The first-order valence-electron chi connectivity index (χ1n) is 10.1. The molecule has 1 aliphatic heterocycles. The van der Waals surface area contributed by atoms with Crippen LogP contribution in [0.2, 0.25) is 0 Å². The van der Waals surface area contributed by atoms with Gasteiger partial charge in [0.1, 0.15) is 17.1 Å². The van der Waals surface area contributed by atoms with Gasteiger partial charge in [-0.25, -0.2) is 4.79 Å². The van der Waals surface area contributed by atoms with Crippen molar-refractivity contribution < 1.29 is 33.6 Å². The monoisotopic (exact) mass is 452 g/mol. The van der Waals surface area contributed by atoms with Crippen LogP contribution in [0.3, 0.4) is 0 Å². The van der Waals surface area contributed by atoms with Crippen LogP contribution in [0.5, 0.6) is 23.0 Å². The van der Waals surface area contributed by atoms with Gasteiger partial charge in [-0.1, -0.05) is 12.1 Å². The fourth-order valence-corrected chi connectivity index (χ4v) is 4.26. The van der Waals surface area contributed by atoms with E-state index >= 15 is 0 Å². The summed E-state index contributed by atoms with van der Waals surface area (Å²) in [5.41, 5.74) is 2.12. The minimum Gasteiger partial charge on any atom is -0.497 e. The zero-order valence-electron chi connectivity index (χ0n) is 18.7. The molecule has 1 atom stereocenters. The maximum absolute atomic E-state index is 12.7. The number of carbonyl (C=O) groups is 2. The van der Waals surface area contributed by atoms with Gasteiger partial charge in [0.05, 0.1) is 45.5 Å². The van der Waals surface area contributed by atoms with E-state index in [2.05, 4.69) is 5.32 Å². The second-order valence-corrected chi connectivity index (χ2v) is 7.40. The largest absolute Gasteiger partial charge is 0.497 e. The number of fused-ring (bicyclic) bond motifs is 1. The van der Waals surface area contributed by atoms with Crippen molar-refractivity contribution in [2.45, 2.75) is 12.3 Å². The predicted octanol–water partition coefficient (Wildman–Crippen LogP) is 3.68. The van der Waals surface area contributed by atoms with E-state index < -0.39 is 11.9 Å². The third-order valence-electron chi connectivity index (χ3n) is 5.71. The number of nitrogens with zero attached hydrogens (tertiary/aromatic N) is 1. The summed E-state index contributed by atoms with van der Waals surface area (Å²) >= 11 is 0. The van der Waals surface area contributed by atoms with Gasteiger partial charge in [-0.3, -0.25) is 4.79 Å². The SMILES string of the molecule is COc1ccc(-n2cc(C(=O)O)c3c2[C@@H](c2cccc(OC)c2OC)CC(=O)N3)c(OC)c1. The Bertz CT molecular complexity index is 1230. The predicted molar refractivity (Wildman–Crippen MR) is 120 cm³/mol. The molecule has 0 fully saturated rings. The van der Waals surface area contributed by atoms with Gasteiger partial charge in [0.2, 0.25) is 5.91 Å². The molecule has 0 spiro atoms. The summed E-state index contributed by atoms with van der Waals surface area (Å²) in [5.74, 6) is 0.124. The maximum atomic E-state index is 12.7. The van der Waals surface area contributed by atoms with Crippen molar-refractivity contribution in [3.05, 3.63) is 59.4 Å². The number of aromatic carboxylic acids is 1. The molecule has 0 radical (unpaired) electrons. The normalized spacial score (nSPS) is 14.8. The molecule has 33 heavy (non-hydrogen) atoms. The van der Waals surface area contributed by atoms with Crippen LogP contribution >= 0.6 is 0 Å². The zero-order chi connectivity index (χ0) is 23.7. The molecule has 0 unspecified atom stereocenters. The van der Waals surface area contributed by atoms with Crippen molar-refractivity contribution in [3.8, 4) is 28.7 Å². The Morgan fingerprint density at radius 2 is 1.79 bits per heavy atom. The molecule has 0 bridgehead atoms. The van der Waals surface area contributed by atoms with E-state index in [0.717, 1.165) is 0 Å². The fraction of sp³-hybridized carbons (Fsp3) is 0.250. The number of rotatable bonds is 7. The lowest BCUT2D eigenvalue weighted by Gasteiger charge is -2.28. The Morgan fingerprint density at radius 1 is 1.03 bits per heavy atom. The van der Waals surface area contributed by atoms with E-state index in [-0.39, 0.29) is 23.6 Å². The van der Waals surface area contributed by atoms with E-state index in [1.54, 1.807) is 35.9 Å². The molecule has 1 aromatic heterocycles. The first-order valence-corrected chi connectivity index (χ1v) is 10.1. The van der Waals surface area contributed by atoms with Crippen molar-refractivity contribution >= 4 is 17.6 Å². The van der Waals surface area contributed by atoms with Crippen LogP contribution in [-0.4, -0.2) is 50.0 Å². The molecule has 0 aliphatic carbocycles. The summed E-state index contributed by atoms with van der Waals surface area (Å²) in [5, 5.41) is 12.6. The smallest absolute Gasteiger partial charge is 0.339 e. The number of aromatic nitrogens is 1. The minimum absolute atomic E-state index is 0.0252. The zero-order valence-corrected chi connectivity index (χ0v) is 18.7. The summed E-state index contributed by atoms with van der Waals surface area (Å²) in [6.07, 6.45) is 1.58. The second-order valence-electron chi connectivity index (χ2n) is 7.40. The highest BCUT2D eigenvalue weighted by molar-refractivity contribution is 6.04. The van der Waals surface area contributed by atoms with Gasteiger partial charge in [0, 0.05) is 30.2 Å². The lowest BCUT2D eigenvalue weighted by atomic mass is 9.87. The number of amides is 1. The van der Waals surface area contributed by atoms with Gasteiger partial charge in [0.25, 0.3) is 0 Å². The first-order chi connectivity index (χ1) is 15.9. The highest BCUT2D eigenvalue weighted by Crippen LogP contribution is 2.47. The second kappa shape index (κ2) is 8.78. The van der Waals surface area contributed by atoms with E-state index in [9.17, 15) is 14.7 Å². The van der Waals surface area contributed by atoms with Crippen molar-refractivity contribution in [2.24, 2.45) is 0 Å². The summed E-state index contributed by atoms with van der Waals surface area (Å²) in [6, 6.07) is 10.7. The molecule has 0 saturated heterocycles. The summed E-state index contributed by atoms with van der Waals surface area (Å²) in [4.78, 5) is 24.7. The van der Waals surface area contributed by atoms with Gasteiger partial charge in [-0.05, 0) is 18.2 Å². The number of hydrogen-bond donors (Lipinski definition) is 2. The molecule has 172 valence electrons. The number of methoxy groups -OCH3 is 4. The minimum atomic E-state index is -1.16. The molecule has 2 aromatic carbocycles. The van der Waals surface area contributed by atoms with Crippen LogP contribution in [0.4, 0.5) is 5.69 Å². The van der Waals surface area contributed by atoms with Crippen LogP contribution in [0, 0.1) is 0 Å². The van der Waals surface area contributed by atoms with E-state index in [0.29, 0.717) is 39.9 Å². The van der Waals surface area contributed by atoms with E-state index in [4.69, 9.17) is 18.9 Å². The summed E-state index contributed by atoms with van der Waals surface area (Å²) in [6.45, 7) is 0. The Labute approximate surface area is 190 Å². The third-order valence-corrected chi connectivity index (χ3v) is 5.71. The molecule has 1 amide bonds. The number of hydrogen-bond acceptors (Lipinski definition) is 6. The van der Waals surface area contributed by atoms with E-state index in [1.807, 2.05) is 12.1 Å². The molecule has 2 heterocycles. The van der Waals surface area contributed by atoms with Crippen LogP contribution < -0.4 is 24.3 Å². The quantitative estimate of drug-likeness (QED) is 0.563. The molecule has 4 rings (SSSR count). The Hall–Kier alpha value is -4.14. The number of nitrogens with one attached hydrogen (secondary N) is 1. The Balaban J connectivity index is 2.02. The number of anilines is 1. The summed E-state index contributed by atoms with van der Waals surface area (Å²) < 4.78 is 23.7. The van der Waals surface area contributed by atoms with Gasteiger partial charge >= 0.3 is 5.97 Å². The number of ether oxygens (including phenoxy) is 4. The van der Waals surface area contributed by atoms with Gasteiger partial charge in [0.15, 0.2) is 11.5 Å². The van der Waals surface area contributed by atoms with Gasteiger partial charge in [-0.15, -0.1) is 0 Å². The molecule has 9 nitrogen and oxygen atoms in total. The average Bonchev–Trinajstić information content (AvgIpc) is 3.21. The number of benzene rings is 2. The molecular weight excluding hydrogens is 428 g/mol. The highest BCUT2D eigenvalue weighted by Gasteiger charge is 2.36. The molecule has 9 heteroatoms. The first kappa shape index (κ1) is 22.1. The Morgan fingerprint density at radius 3 is 2.42 bits per heavy atom. The van der Waals surface area contributed by atoms with Gasteiger partial charge in [-0.2, -0.15) is 0 Å². The number of carboxylic acid groups (broad SMARTS) is 1. The molecule has 1 aliphatic rings. The van der Waals surface area contributed by atoms with E-state index in [1.165, 1.54) is 27.5 Å². The number of carboxylic acids is 1. The highest BCUT2D eigenvalue weighted by atomic mass is 16.5. The maximum Gasteiger partial charge on any atom is 0.339 e.